The molecule has 0 aromatic heterocycles. The van der Waals surface area contributed by atoms with E-state index in [2.05, 4.69) is 12.1 Å². The molecule has 1 heterocycles. The standard InChI is InChI=1S/C13H23N3O3/c1-9(10-3-4-10)16(2)12(17)13(11(14)15-18)5-7-19-8-6-13/h9-10,18H,3-8H2,1-2H3,(H2,14,15). The van der Waals surface area contributed by atoms with Crippen molar-refractivity contribution in [1.29, 1.82) is 0 Å². The van der Waals surface area contributed by atoms with E-state index in [0.717, 1.165) is 0 Å². The smallest absolute Gasteiger partial charge is 0.236 e. The Morgan fingerprint density at radius 1 is 1.47 bits per heavy atom. The molecule has 19 heavy (non-hydrogen) atoms. The van der Waals surface area contributed by atoms with Crippen LogP contribution in [0.2, 0.25) is 0 Å². The first-order chi connectivity index (χ1) is 9.03. The number of oxime groups is 1. The second-order valence-corrected chi connectivity index (χ2v) is 5.67. The molecule has 2 fully saturated rings. The molecule has 0 radical (unpaired) electrons. The Kier molecular flexibility index (Phi) is 3.99. The van der Waals surface area contributed by atoms with Gasteiger partial charge in [-0.3, -0.25) is 4.79 Å². The normalized spacial score (nSPS) is 24.8. The number of carbonyl (C=O) groups excluding carboxylic acids is 1. The van der Waals surface area contributed by atoms with Crippen LogP contribution >= 0.6 is 0 Å². The number of ether oxygens (including phenoxy) is 1. The van der Waals surface area contributed by atoms with Crippen molar-refractivity contribution in [2.24, 2.45) is 22.2 Å². The molecule has 6 heteroatoms. The molecule has 1 aliphatic carbocycles. The number of nitrogens with zero attached hydrogens (tertiary/aromatic N) is 2. The molecule has 1 saturated carbocycles. The van der Waals surface area contributed by atoms with Crippen LogP contribution in [-0.4, -0.2) is 48.2 Å². The average Bonchev–Trinajstić information content (AvgIpc) is 3.29. The zero-order chi connectivity index (χ0) is 14.0. The van der Waals surface area contributed by atoms with Crippen molar-refractivity contribution in [3.63, 3.8) is 0 Å². The maximum absolute atomic E-state index is 12.8. The largest absolute Gasteiger partial charge is 0.409 e. The Morgan fingerprint density at radius 2 is 2.05 bits per heavy atom. The van der Waals surface area contributed by atoms with Crippen LogP contribution in [0.25, 0.3) is 0 Å². The van der Waals surface area contributed by atoms with Gasteiger partial charge in [0.15, 0.2) is 5.84 Å². The third kappa shape index (κ3) is 2.54. The molecule has 2 aliphatic rings. The zero-order valence-electron chi connectivity index (χ0n) is 11.6. The summed E-state index contributed by atoms with van der Waals surface area (Å²) in [6.45, 7) is 3.00. The van der Waals surface area contributed by atoms with Gasteiger partial charge >= 0.3 is 0 Å². The summed E-state index contributed by atoms with van der Waals surface area (Å²) in [5.41, 5.74) is 4.91. The number of amidine groups is 1. The molecule has 1 atom stereocenters. The fourth-order valence-corrected chi connectivity index (χ4v) is 2.81. The first-order valence-corrected chi connectivity index (χ1v) is 6.86. The lowest BCUT2D eigenvalue weighted by molar-refractivity contribution is -0.143. The van der Waals surface area contributed by atoms with Gasteiger partial charge in [-0.05, 0) is 38.5 Å². The topological polar surface area (TPSA) is 88.2 Å². The van der Waals surface area contributed by atoms with E-state index in [1.807, 2.05) is 7.05 Å². The van der Waals surface area contributed by atoms with Crippen LogP contribution in [0.3, 0.4) is 0 Å². The number of hydrogen-bond acceptors (Lipinski definition) is 4. The molecule has 1 saturated heterocycles. The van der Waals surface area contributed by atoms with Crippen LogP contribution in [0.4, 0.5) is 0 Å². The molecule has 0 bridgehead atoms. The predicted octanol–water partition coefficient (Wildman–Crippen LogP) is 0.786. The highest BCUT2D eigenvalue weighted by Crippen LogP contribution is 2.38. The molecule has 1 aliphatic heterocycles. The summed E-state index contributed by atoms with van der Waals surface area (Å²) in [5, 5.41) is 12.1. The maximum Gasteiger partial charge on any atom is 0.236 e. The van der Waals surface area contributed by atoms with Crippen molar-refractivity contribution in [2.45, 2.75) is 38.6 Å². The number of nitrogens with two attached hydrogens (primary N) is 1. The minimum absolute atomic E-state index is 0.00986. The van der Waals surface area contributed by atoms with E-state index in [9.17, 15) is 4.79 Å². The molecule has 1 unspecified atom stereocenters. The highest BCUT2D eigenvalue weighted by Gasteiger charge is 2.48. The summed E-state index contributed by atoms with van der Waals surface area (Å²) in [5.74, 6) is 0.555. The highest BCUT2D eigenvalue weighted by atomic mass is 16.5. The van der Waals surface area contributed by atoms with Gasteiger partial charge in [-0.25, -0.2) is 0 Å². The number of amides is 1. The van der Waals surface area contributed by atoms with Crippen LogP contribution in [0.5, 0.6) is 0 Å². The molecular weight excluding hydrogens is 246 g/mol. The molecule has 0 aromatic rings. The maximum atomic E-state index is 12.8. The van der Waals surface area contributed by atoms with Gasteiger partial charge in [-0.1, -0.05) is 5.16 Å². The summed E-state index contributed by atoms with van der Waals surface area (Å²) in [4.78, 5) is 14.6. The highest BCUT2D eigenvalue weighted by molar-refractivity contribution is 6.06. The van der Waals surface area contributed by atoms with Gasteiger partial charge < -0.3 is 20.6 Å². The molecule has 108 valence electrons. The van der Waals surface area contributed by atoms with Crippen molar-refractivity contribution in [3.05, 3.63) is 0 Å². The first-order valence-electron chi connectivity index (χ1n) is 6.86. The fraction of sp³-hybridized carbons (Fsp3) is 0.846. The molecule has 2 rings (SSSR count). The van der Waals surface area contributed by atoms with E-state index < -0.39 is 5.41 Å². The lowest BCUT2D eigenvalue weighted by Gasteiger charge is -2.39. The minimum atomic E-state index is -0.898. The van der Waals surface area contributed by atoms with Gasteiger partial charge in [0.25, 0.3) is 0 Å². The van der Waals surface area contributed by atoms with Crippen molar-refractivity contribution in [2.75, 3.05) is 20.3 Å². The van der Waals surface area contributed by atoms with Gasteiger partial charge in [0.2, 0.25) is 5.91 Å². The predicted molar refractivity (Wildman–Crippen MR) is 70.9 cm³/mol. The fourth-order valence-electron chi connectivity index (χ4n) is 2.81. The van der Waals surface area contributed by atoms with E-state index in [4.69, 9.17) is 15.7 Å². The lowest BCUT2D eigenvalue weighted by Crippen LogP contribution is -2.55. The molecule has 3 N–H and O–H groups in total. The van der Waals surface area contributed by atoms with Gasteiger partial charge in [0.1, 0.15) is 5.41 Å². The number of rotatable bonds is 4. The second kappa shape index (κ2) is 5.36. The summed E-state index contributed by atoms with van der Waals surface area (Å²) < 4.78 is 5.31. The molecule has 1 amide bonds. The van der Waals surface area contributed by atoms with Gasteiger partial charge in [0, 0.05) is 26.3 Å². The average molecular weight is 269 g/mol. The van der Waals surface area contributed by atoms with Crippen molar-refractivity contribution >= 4 is 11.7 Å². The summed E-state index contributed by atoms with van der Waals surface area (Å²) in [6.07, 6.45) is 3.31. The van der Waals surface area contributed by atoms with Gasteiger partial charge in [-0.15, -0.1) is 0 Å². The van der Waals surface area contributed by atoms with Gasteiger partial charge in [0.05, 0.1) is 0 Å². The third-order valence-corrected chi connectivity index (χ3v) is 4.59. The van der Waals surface area contributed by atoms with Crippen LogP contribution in [0.15, 0.2) is 5.16 Å². The van der Waals surface area contributed by atoms with E-state index in [1.54, 1.807) is 4.90 Å². The van der Waals surface area contributed by atoms with E-state index >= 15 is 0 Å². The van der Waals surface area contributed by atoms with Gasteiger partial charge in [-0.2, -0.15) is 0 Å². The molecule has 0 spiro atoms. The Hall–Kier alpha value is -1.30. The number of carbonyl (C=O) groups is 1. The Balaban J connectivity index is 2.19. The van der Waals surface area contributed by atoms with Crippen molar-refractivity contribution in [1.82, 2.24) is 4.90 Å². The SMILES string of the molecule is CC(C1CC1)N(C)C(=O)C1(C(N)=NO)CCOCC1. The monoisotopic (exact) mass is 269 g/mol. The first kappa shape index (κ1) is 14.1. The van der Waals surface area contributed by atoms with E-state index in [-0.39, 0.29) is 17.8 Å². The van der Waals surface area contributed by atoms with Crippen molar-refractivity contribution in [3.8, 4) is 0 Å². The Bertz CT molecular complexity index is 373. The number of hydrogen-bond donors (Lipinski definition) is 2. The summed E-state index contributed by atoms with van der Waals surface area (Å²) in [7, 11) is 1.81. The van der Waals surface area contributed by atoms with E-state index in [1.165, 1.54) is 12.8 Å². The summed E-state index contributed by atoms with van der Waals surface area (Å²) >= 11 is 0. The third-order valence-electron chi connectivity index (χ3n) is 4.59. The second-order valence-electron chi connectivity index (χ2n) is 5.67. The van der Waals surface area contributed by atoms with Crippen LogP contribution in [0.1, 0.15) is 32.6 Å². The quantitative estimate of drug-likeness (QED) is 0.342. The van der Waals surface area contributed by atoms with E-state index in [0.29, 0.717) is 32.0 Å². The Morgan fingerprint density at radius 3 is 2.53 bits per heavy atom. The lowest BCUT2D eigenvalue weighted by atomic mass is 9.77. The van der Waals surface area contributed by atoms with Crippen molar-refractivity contribution < 1.29 is 14.7 Å². The van der Waals surface area contributed by atoms with Crippen LogP contribution < -0.4 is 5.73 Å². The molecular formula is C13H23N3O3. The van der Waals surface area contributed by atoms with Crippen LogP contribution in [0, 0.1) is 11.3 Å². The Labute approximate surface area is 113 Å². The molecule has 0 aromatic carbocycles. The van der Waals surface area contributed by atoms with Crippen LogP contribution in [-0.2, 0) is 9.53 Å². The minimum Gasteiger partial charge on any atom is -0.409 e. The summed E-state index contributed by atoms with van der Waals surface area (Å²) in [6, 6.07) is 0.207. The zero-order valence-corrected chi connectivity index (χ0v) is 11.6. The molecule has 6 nitrogen and oxygen atoms in total.